The van der Waals surface area contributed by atoms with E-state index in [4.69, 9.17) is 5.26 Å². The fraction of sp³-hybridized carbons (Fsp3) is 0.467. The maximum absolute atomic E-state index is 11.4. The smallest absolute Gasteiger partial charge is 0.337 e. The van der Waals surface area contributed by atoms with Crippen molar-refractivity contribution in [3.63, 3.8) is 0 Å². The van der Waals surface area contributed by atoms with Gasteiger partial charge < -0.3 is 9.64 Å². The van der Waals surface area contributed by atoms with E-state index in [0.29, 0.717) is 17.9 Å². The number of piperidine rings is 1. The first kappa shape index (κ1) is 13.4. The SMILES string of the molecule is COC(=O)c1ccc(N2CCCC(CC#N)C2)cc1. The van der Waals surface area contributed by atoms with Gasteiger partial charge in [-0.05, 0) is 43.0 Å². The number of hydrogen-bond acceptors (Lipinski definition) is 4. The molecule has 4 heteroatoms. The molecule has 0 aromatic heterocycles. The van der Waals surface area contributed by atoms with E-state index < -0.39 is 0 Å². The molecule has 4 nitrogen and oxygen atoms in total. The monoisotopic (exact) mass is 258 g/mol. The maximum atomic E-state index is 11.4. The molecule has 1 aromatic rings. The average molecular weight is 258 g/mol. The molecule has 1 fully saturated rings. The van der Waals surface area contributed by atoms with Gasteiger partial charge in [0.2, 0.25) is 0 Å². The highest BCUT2D eigenvalue weighted by Crippen LogP contribution is 2.25. The molecule has 100 valence electrons. The molecule has 0 amide bonds. The molecule has 1 heterocycles. The van der Waals surface area contributed by atoms with Crippen molar-refractivity contribution in [2.24, 2.45) is 5.92 Å². The van der Waals surface area contributed by atoms with Crippen molar-refractivity contribution in [1.29, 1.82) is 5.26 Å². The second kappa shape index (κ2) is 6.24. The lowest BCUT2D eigenvalue weighted by Crippen LogP contribution is -2.35. The Hall–Kier alpha value is -2.02. The van der Waals surface area contributed by atoms with Gasteiger partial charge in [0.15, 0.2) is 0 Å². The van der Waals surface area contributed by atoms with E-state index in [2.05, 4.69) is 15.7 Å². The Balaban J connectivity index is 2.05. The summed E-state index contributed by atoms with van der Waals surface area (Å²) in [6, 6.07) is 9.72. The van der Waals surface area contributed by atoms with E-state index in [0.717, 1.165) is 31.6 Å². The molecule has 2 rings (SSSR count). The number of hydrogen-bond donors (Lipinski definition) is 0. The molecular weight excluding hydrogens is 240 g/mol. The van der Waals surface area contributed by atoms with Gasteiger partial charge in [-0.3, -0.25) is 0 Å². The highest BCUT2D eigenvalue weighted by Gasteiger charge is 2.20. The van der Waals surface area contributed by atoms with Gasteiger partial charge in [0.05, 0.1) is 18.7 Å². The predicted octanol–water partition coefficient (Wildman–Crippen LogP) is 2.60. The standard InChI is InChI=1S/C15H18N2O2/c1-19-15(18)13-4-6-14(7-5-13)17-10-2-3-12(11-17)8-9-16/h4-7,12H,2-3,8,10-11H2,1H3. The van der Waals surface area contributed by atoms with Crippen LogP contribution in [0.1, 0.15) is 29.6 Å². The number of nitriles is 1. The number of nitrogens with zero attached hydrogens (tertiary/aromatic N) is 2. The van der Waals surface area contributed by atoms with E-state index in [1.165, 1.54) is 7.11 Å². The number of rotatable bonds is 3. The number of carbonyl (C=O) groups is 1. The Morgan fingerprint density at radius 1 is 1.47 bits per heavy atom. The van der Waals surface area contributed by atoms with Crippen LogP contribution in [0, 0.1) is 17.2 Å². The topological polar surface area (TPSA) is 53.3 Å². The quantitative estimate of drug-likeness (QED) is 0.782. The number of benzene rings is 1. The molecule has 0 radical (unpaired) electrons. The predicted molar refractivity (Wildman–Crippen MR) is 72.9 cm³/mol. The lowest BCUT2D eigenvalue weighted by atomic mass is 9.95. The van der Waals surface area contributed by atoms with E-state index in [1.54, 1.807) is 12.1 Å². The molecular formula is C15H18N2O2. The van der Waals surface area contributed by atoms with Gasteiger partial charge in [-0.25, -0.2) is 4.79 Å². The fourth-order valence-corrected chi connectivity index (χ4v) is 2.52. The second-order valence-corrected chi connectivity index (χ2v) is 4.85. The van der Waals surface area contributed by atoms with Crippen molar-refractivity contribution in [1.82, 2.24) is 0 Å². The van der Waals surface area contributed by atoms with Gasteiger partial charge >= 0.3 is 5.97 Å². The van der Waals surface area contributed by atoms with Crippen molar-refractivity contribution < 1.29 is 9.53 Å². The van der Waals surface area contributed by atoms with Crippen molar-refractivity contribution in [3.05, 3.63) is 29.8 Å². The summed E-state index contributed by atoms with van der Waals surface area (Å²) in [6.07, 6.45) is 2.87. The first-order chi connectivity index (χ1) is 9.24. The van der Waals surface area contributed by atoms with Crippen LogP contribution in [0.2, 0.25) is 0 Å². The third-order valence-electron chi connectivity index (χ3n) is 3.55. The molecule has 0 spiro atoms. The second-order valence-electron chi connectivity index (χ2n) is 4.85. The van der Waals surface area contributed by atoms with Gasteiger partial charge in [0.25, 0.3) is 0 Å². The maximum Gasteiger partial charge on any atom is 0.337 e. The minimum Gasteiger partial charge on any atom is -0.465 e. The van der Waals surface area contributed by atoms with Crippen LogP contribution in [0.15, 0.2) is 24.3 Å². The normalized spacial score (nSPS) is 18.7. The molecule has 1 aliphatic heterocycles. The van der Waals surface area contributed by atoms with Crippen molar-refractivity contribution in [3.8, 4) is 6.07 Å². The zero-order valence-electron chi connectivity index (χ0n) is 11.1. The van der Waals surface area contributed by atoms with Gasteiger partial charge in [-0.15, -0.1) is 0 Å². The summed E-state index contributed by atoms with van der Waals surface area (Å²) in [5, 5.41) is 8.78. The van der Waals surface area contributed by atoms with Crippen molar-refractivity contribution >= 4 is 11.7 Å². The molecule has 1 atom stereocenters. The Morgan fingerprint density at radius 2 is 2.21 bits per heavy atom. The fourth-order valence-electron chi connectivity index (χ4n) is 2.52. The molecule has 1 aromatic carbocycles. The minimum atomic E-state index is -0.312. The van der Waals surface area contributed by atoms with Crippen molar-refractivity contribution in [2.45, 2.75) is 19.3 Å². The van der Waals surface area contributed by atoms with Crippen LogP contribution >= 0.6 is 0 Å². The van der Waals surface area contributed by atoms with E-state index in [1.807, 2.05) is 12.1 Å². The minimum absolute atomic E-state index is 0.312. The summed E-state index contributed by atoms with van der Waals surface area (Å²) in [5.41, 5.74) is 1.67. The van der Waals surface area contributed by atoms with Crippen LogP contribution < -0.4 is 4.90 Å². The molecule has 1 saturated heterocycles. The number of anilines is 1. The van der Waals surface area contributed by atoms with Gasteiger partial charge in [-0.2, -0.15) is 5.26 Å². The van der Waals surface area contributed by atoms with Crippen LogP contribution in [0.4, 0.5) is 5.69 Å². The van der Waals surface area contributed by atoms with E-state index >= 15 is 0 Å². The highest BCUT2D eigenvalue weighted by atomic mass is 16.5. The van der Waals surface area contributed by atoms with Gasteiger partial charge in [-0.1, -0.05) is 0 Å². The summed E-state index contributed by atoms with van der Waals surface area (Å²) in [5.74, 6) is 0.145. The van der Waals surface area contributed by atoms with E-state index in [9.17, 15) is 4.79 Å². The zero-order valence-corrected chi connectivity index (χ0v) is 11.1. The van der Waals surface area contributed by atoms with Crippen molar-refractivity contribution in [2.75, 3.05) is 25.1 Å². The Labute approximate surface area is 113 Å². The van der Waals surface area contributed by atoms with Crippen LogP contribution in [0.5, 0.6) is 0 Å². The largest absolute Gasteiger partial charge is 0.465 e. The van der Waals surface area contributed by atoms with E-state index in [-0.39, 0.29) is 5.97 Å². The number of ether oxygens (including phenoxy) is 1. The summed E-state index contributed by atoms with van der Waals surface area (Å²) in [7, 11) is 1.38. The van der Waals surface area contributed by atoms with Crippen LogP contribution in [0.3, 0.4) is 0 Å². The lowest BCUT2D eigenvalue weighted by molar-refractivity contribution is 0.0601. The first-order valence-electron chi connectivity index (χ1n) is 6.55. The summed E-state index contributed by atoms with van der Waals surface area (Å²) >= 11 is 0. The van der Waals surface area contributed by atoms with Gasteiger partial charge in [0.1, 0.15) is 0 Å². The van der Waals surface area contributed by atoms with Crippen LogP contribution in [-0.4, -0.2) is 26.2 Å². The Bertz CT molecular complexity index is 476. The molecule has 1 unspecified atom stereocenters. The van der Waals surface area contributed by atoms with Gasteiger partial charge in [0, 0.05) is 25.2 Å². The van der Waals surface area contributed by atoms with Crippen LogP contribution in [0.25, 0.3) is 0 Å². The van der Waals surface area contributed by atoms with Crippen LogP contribution in [-0.2, 0) is 4.74 Å². The highest BCUT2D eigenvalue weighted by molar-refractivity contribution is 5.89. The average Bonchev–Trinajstić information content (AvgIpc) is 2.47. The molecule has 1 aliphatic rings. The molecule has 0 bridgehead atoms. The third-order valence-corrected chi connectivity index (χ3v) is 3.55. The summed E-state index contributed by atoms with van der Waals surface area (Å²) in [4.78, 5) is 13.7. The molecule has 19 heavy (non-hydrogen) atoms. The number of esters is 1. The third kappa shape index (κ3) is 3.25. The molecule has 0 saturated carbocycles. The Kier molecular flexibility index (Phi) is 4.40. The first-order valence-corrected chi connectivity index (χ1v) is 6.55. The summed E-state index contributed by atoms with van der Waals surface area (Å²) in [6.45, 7) is 1.94. The number of carbonyl (C=O) groups excluding carboxylic acids is 1. The molecule has 0 N–H and O–H groups in total. The Morgan fingerprint density at radius 3 is 2.84 bits per heavy atom. The summed E-state index contributed by atoms with van der Waals surface area (Å²) < 4.78 is 4.68. The number of methoxy groups -OCH3 is 1. The zero-order chi connectivity index (χ0) is 13.7. The molecule has 0 aliphatic carbocycles. The lowest BCUT2D eigenvalue weighted by Gasteiger charge is -2.33.